The molecule has 0 aliphatic heterocycles. The van der Waals surface area contributed by atoms with E-state index in [1.165, 1.54) is 0 Å². The quantitative estimate of drug-likeness (QED) is 0.633. The molecular formula is C14H9F3N2O5S. The van der Waals surface area contributed by atoms with E-state index in [0.717, 1.165) is 37.4 Å². The Morgan fingerprint density at radius 1 is 0.960 bits per heavy atom. The standard InChI is InChI=1S/C14H9F3N2O5S/c15-14(16,17)9-1-3-10(4-2-9)25(20,21)24-13(11-5-22-7-18-11)12-6-23-8-19-12/h1-8,13H. The summed E-state index contributed by atoms with van der Waals surface area (Å²) >= 11 is 0. The first-order valence-corrected chi connectivity index (χ1v) is 8.05. The van der Waals surface area contributed by atoms with Crippen molar-refractivity contribution in [1.82, 2.24) is 9.97 Å². The van der Waals surface area contributed by atoms with E-state index < -0.39 is 32.9 Å². The van der Waals surface area contributed by atoms with Crippen LogP contribution in [0.1, 0.15) is 23.1 Å². The van der Waals surface area contributed by atoms with Crippen molar-refractivity contribution in [3.8, 4) is 0 Å². The van der Waals surface area contributed by atoms with Gasteiger partial charge in [-0.3, -0.25) is 0 Å². The van der Waals surface area contributed by atoms with E-state index >= 15 is 0 Å². The van der Waals surface area contributed by atoms with Crippen LogP contribution >= 0.6 is 0 Å². The van der Waals surface area contributed by atoms with E-state index in [9.17, 15) is 21.6 Å². The maximum Gasteiger partial charge on any atom is 0.416 e. The largest absolute Gasteiger partial charge is 0.451 e. The first-order chi connectivity index (χ1) is 11.8. The van der Waals surface area contributed by atoms with Gasteiger partial charge in [0.05, 0.1) is 10.5 Å². The second kappa shape index (κ2) is 6.33. The minimum Gasteiger partial charge on any atom is -0.451 e. The summed E-state index contributed by atoms with van der Waals surface area (Å²) in [6, 6.07) is 2.91. The van der Waals surface area contributed by atoms with Crippen molar-refractivity contribution in [2.75, 3.05) is 0 Å². The average Bonchev–Trinajstić information content (AvgIpc) is 3.26. The number of halogens is 3. The van der Waals surface area contributed by atoms with Gasteiger partial charge in [0.15, 0.2) is 18.9 Å². The Labute approximate surface area is 139 Å². The molecule has 0 N–H and O–H groups in total. The molecule has 0 aliphatic rings. The summed E-state index contributed by atoms with van der Waals surface area (Å²) in [4.78, 5) is 7.17. The summed E-state index contributed by atoms with van der Waals surface area (Å²) in [5.74, 6) is 0. The van der Waals surface area contributed by atoms with Gasteiger partial charge in [0.25, 0.3) is 10.1 Å². The van der Waals surface area contributed by atoms with Gasteiger partial charge in [0.2, 0.25) is 0 Å². The maximum absolute atomic E-state index is 12.6. The van der Waals surface area contributed by atoms with Crippen molar-refractivity contribution in [2.45, 2.75) is 17.2 Å². The van der Waals surface area contributed by atoms with Gasteiger partial charge in [0, 0.05) is 0 Å². The predicted octanol–water partition coefficient (Wildman–Crippen LogP) is 3.18. The van der Waals surface area contributed by atoms with Gasteiger partial charge in [-0.05, 0) is 24.3 Å². The van der Waals surface area contributed by atoms with Crippen LogP contribution in [0.5, 0.6) is 0 Å². The molecule has 1 aromatic carbocycles. The molecule has 2 heterocycles. The number of hydrogen-bond acceptors (Lipinski definition) is 7. The zero-order chi connectivity index (χ0) is 18.1. The normalized spacial score (nSPS) is 12.6. The SMILES string of the molecule is O=S(=O)(OC(c1cocn1)c1cocn1)c1ccc(C(F)(F)F)cc1. The molecule has 0 radical (unpaired) electrons. The van der Waals surface area contributed by atoms with Crippen LogP contribution in [0, 0.1) is 0 Å². The zero-order valence-electron chi connectivity index (χ0n) is 12.2. The van der Waals surface area contributed by atoms with Gasteiger partial charge in [-0.15, -0.1) is 0 Å². The smallest absolute Gasteiger partial charge is 0.416 e. The third-order valence-corrected chi connectivity index (χ3v) is 4.43. The molecule has 0 atom stereocenters. The average molecular weight is 374 g/mol. The van der Waals surface area contributed by atoms with Crippen molar-refractivity contribution in [1.29, 1.82) is 0 Å². The van der Waals surface area contributed by atoms with Gasteiger partial charge in [-0.1, -0.05) is 0 Å². The minimum absolute atomic E-state index is 0.101. The zero-order valence-corrected chi connectivity index (χ0v) is 13.0. The van der Waals surface area contributed by atoms with Gasteiger partial charge < -0.3 is 8.83 Å². The molecule has 132 valence electrons. The summed E-state index contributed by atoms with van der Waals surface area (Å²) in [5.41, 5.74) is -0.773. The van der Waals surface area contributed by atoms with Crippen LogP contribution in [0.3, 0.4) is 0 Å². The first kappa shape index (κ1) is 17.2. The lowest BCUT2D eigenvalue weighted by Gasteiger charge is -2.13. The highest BCUT2D eigenvalue weighted by Gasteiger charge is 2.32. The van der Waals surface area contributed by atoms with Crippen LogP contribution in [0.4, 0.5) is 13.2 Å². The second-order valence-corrected chi connectivity index (χ2v) is 6.35. The number of aromatic nitrogens is 2. The molecule has 0 saturated carbocycles. The van der Waals surface area contributed by atoms with Crippen LogP contribution in [-0.2, 0) is 20.5 Å². The topological polar surface area (TPSA) is 95.4 Å². The van der Waals surface area contributed by atoms with Crippen molar-refractivity contribution >= 4 is 10.1 Å². The first-order valence-electron chi connectivity index (χ1n) is 6.64. The Balaban J connectivity index is 1.91. The summed E-state index contributed by atoms with van der Waals surface area (Å²) in [6.07, 6.45) is -1.41. The summed E-state index contributed by atoms with van der Waals surface area (Å²) in [5, 5.41) is 0. The van der Waals surface area contributed by atoms with Crippen molar-refractivity contribution in [3.05, 3.63) is 66.5 Å². The van der Waals surface area contributed by atoms with E-state index in [4.69, 9.17) is 13.0 Å². The highest BCUT2D eigenvalue weighted by atomic mass is 32.2. The number of nitrogens with zero attached hydrogens (tertiary/aromatic N) is 2. The van der Waals surface area contributed by atoms with Gasteiger partial charge in [-0.2, -0.15) is 21.6 Å². The van der Waals surface area contributed by atoms with E-state index in [1.54, 1.807) is 0 Å². The lowest BCUT2D eigenvalue weighted by Crippen LogP contribution is -2.15. The Bertz CT molecular complexity index is 886. The molecule has 0 saturated heterocycles. The molecule has 2 aromatic heterocycles. The Morgan fingerprint density at radius 2 is 1.48 bits per heavy atom. The van der Waals surface area contributed by atoms with Gasteiger partial charge >= 0.3 is 6.18 Å². The fourth-order valence-electron chi connectivity index (χ4n) is 1.95. The fraction of sp³-hybridized carbons (Fsp3) is 0.143. The maximum atomic E-state index is 12.6. The third-order valence-electron chi connectivity index (χ3n) is 3.13. The highest BCUT2D eigenvalue weighted by Crippen LogP contribution is 2.32. The van der Waals surface area contributed by atoms with Crippen LogP contribution < -0.4 is 0 Å². The Hall–Kier alpha value is -2.66. The molecule has 0 fully saturated rings. The van der Waals surface area contributed by atoms with Crippen LogP contribution in [0.15, 0.2) is 63.3 Å². The van der Waals surface area contributed by atoms with Crippen LogP contribution in [-0.4, -0.2) is 18.4 Å². The number of oxazole rings is 2. The predicted molar refractivity (Wildman–Crippen MR) is 74.6 cm³/mol. The van der Waals surface area contributed by atoms with Gasteiger partial charge in [-0.25, -0.2) is 14.2 Å². The van der Waals surface area contributed by atoms with Crippen molar-refractivity contribution < 1.29 is 34.6 Å². The van der Waals surface area contributed by atoms with Crippen molar-refractivity contribution in [3.63, 3.8) is 0 Å². The lowest BCUT2D eigenvalue weighted by atomic mass is 10.2. The highest BCUT2D eigenvalue weighted by molar-refractivity contribution is 7.86. The molecule has 25 heavy (non-hydrogen) atoms. The molecule has 0 aliphatic carbocycles. The second-order valence-electron chi connectivity index (χ2n) is 4.78. The molecule has 0 amide bonds. The number of alkyl halides is 3. The minimum atomic E-state index is -4.58. The molecule has 3 rings (SSSR count). The molecular weight excluding hydrogens is 365 g/mol. The molecule has 0 unspecified atom stereocenters. The van der Waals surface area contributed by atoms with E-state index in [2.05, 4.69) is 9.97 Å². The number of benzene rings is 1. The molecule has 11 heteroatoms. The van der Waals surface area contributed by atoms with E-state index in [-0.39, 0.29) is 11.4 Å². The molecule has 0 bridgehead atoms. The van der Waals surface area contributed by atoms with Crippen LogP contribution in [0.2, 0.25) is 0 Å². The summed E-state index contributed by atoms with van der Waals surface area (Å²) < 4.78 is 77.2. The third kappa shape index (κ3) is 3.72. The monoisotopic (exact) mass is 374 g/mol. The molecule has 7 nitrogen and oxygen atoms in total. The number of rotatable bonds is 5. The van der Waals surface area contributed by atoms with Gasteiger partial charge in [0.1, 0.15) is 23.9 Å². The van der Waals surface area contributed by atoms with Crippen molar-refractivity contribution in [2.24, 2.45) is 0 Å². The fourth-order valence-corrected chi connectivity index (χ4v) is 2.98. The lowest BCUT2D eigenvalue weighted by molar-refractivity contribution is -0.137. The summed E-state index contributed by atoms with van der Waals surface area (Å²) in [6.45, 7) is 0. The molecule has 0 spiro atoms. The Morgan fingerprint density at radius 3 is 1.88 bits per heavy atom. The van der Waals surface area contributed by atoms with E-state index in [0.29, 0.717) is 12.1 Å². The van der Waals surface area contributed by atoms with E-state index in [1.807, 2.05) is 0 Å². The summed E-state index contributed by atoms with van der Waals surface area (Å²) in [7, 11) is -4.40. The Kier molecular flexibility index (Phi) is 4.35. The molecule has 3 aromatic rings. The van der Waals surface area contributed by atoms with Crippen LogP contribution in [0.25, 0.3) is 0 Å². The number of hydrogen-bond donors (Lipinski definition) is 0.